The number of carbonyl (C=O) groups is 2. The Bertz CT molecular complexity index is 1330. The Balaban J connectivity index is 1.26. The molecule has 6 rings (SSSR count). The second-order valence-corrected chi connectivity index (χ2v) is 12.2. The molecule has 2 amide bonds. The molecule has 3 aliphatic heterocycles. The van der Waals surface area contributed by atoms with Crippen LogP contribution in [-0.4, -0.2) is 41.7 Å². The van der Waals surface area contributed by atoms with Crippen LogP contribution in [0.1, 0.15) is 30.9 Å². The summed E-state index contributed by atoms with van der Waals surface area (Å²) in [7, 11) is 0. The molecule has 7 heteroatoms. The summed E-state index contributed by atoms with van der Waals surface area (Å²) in [6.07, 6.45) is 3.33. The summed E-state index contributed by atoms with van der Waals surface area (Å²) >= 11 is 7.75. The molecule has 0 aromatic heterocycles. The monoisotopic (exact) mass is 531 g/mol. The van der Waals surface area contributed by atoms with Crippen LogP contribution in [0.5, 0.6) is 0 Å². The summed E-state index contributed by atoms with van der Waals surface area (Å²) in [5, 5.41) is 0.198. The maximum absolute atomic E-state index is 14.4. The summed E-state index contributed by atoms with van der Waals surface area (Å²) in [4.78, 5) is 32.7. The number of thioether (sulfide) groups is 1. The zero-order valence-electron chi connectivity index (χ0n) is 20.8. The minimum Gasteiger partial charge on any atom is -0.295 e. The van der Waals surface area contributed by atoms with E-state index in [0.29, 0.717) is 23.3 Å². The Hall–Kier alpha value is -2.80. The number of halogens is 1. The number of para-hydroxylation sites is 1. The van der Waals surface area contributed by atoms with Gasteiger partial charge in [0.15, 0.2) is 0 Å². The summed E-state index contributed by atoms with van der Waals surface area (Å²) in [5.41, 5.74) is 3.81. The molecule has 0 saturated carbocycles. The van der Waals surface area contributed by atoms with Crippen LogP contribution < -0.4 is 9.80 Å². The van der Waals surface area contributed by atoms with Crippen LogP contribution >= 0.6 is 23.4 Å². The first-order chi connectivity index (χ1) is 18.0. The molecule has 37 heavy (non-hydrogen) atoms. The van der Waals surface area contributed by atoms with E-state index in [1.54, 1.807) is 17.0 Å². The molecular weight excluding hydrogens is 502 g/mol. The Morgan fingerprint density at radius 3 is 2.43 bits per heavy atom. The third-order valence-corrected chi connectivity index (χ3v) is 9.52. The highest BCUT2D eigenvalue weighted by Crippen LogP contribution is 2.57. The first-order valence-electron chi connectivity index (χ1n) is 12.9. The quantitative estimate of drug-likeness (QED) is 0.410. The van der Waals surface area contributed by atoms with Gasteiger partial charge in [0.05, 0.1) is 17.6 Å². The molecule has 3 aliphatic rings. The van der Waals surface area contributed by atoms with Crippen LogP contribution in [0.2, 0.25) is 5.02 Å². The number of nitrogens with zero attached hydrogens (tertiary/aromatic N) is 3. The van der Waals surface area contributed by atoms with Gasteiger partial charge in [-0.15, -0.1) is 11.8 Å². The standard InChI is InChI=1S/C30H30ClN3O2S/c1-21-28(35)34(25-11-7-10-24(31)19-25)30(37-21)26-12-5-6-13-27(26)33(29(30)36)20-32-16-14-23(15-17-32)18-22-8-3-2-4-9-22/h2-13,19,21,23H,14-18,20H2,1H3/t21-,30-/m0/s1. The molecule has 0 bridgehead atoms. The molecule has 3 aromatic carbocycles. The Morgan fingerprint density at radius 1 is 0.946 bits per heavy atom. The summed E-state index contributed by atoms with van der Waals surface area (Å²) in [6, 6.07) is 25.9. The first-order valence-corrected chi connectivity index (χ1v) is 14.2. The highest BCUT2D eigenvalue weighted by atomic mass is 35.5. The van der Waals surface area contributed by atoms with Crippen molar-refractivity contribution in [3.05, 3.63) is 95.0 Å². The van der Waals surface area contributed by atoms with Crippen LogP contribution in [0.4, 0.5) is 11.4 Å². The van der Waals surface area contributed by atoms with E-state index in [1.807, 2.05) is 48.2 Å². The van der Waals surface area contributed by atoms with Gasteiger partial charge in [-0.05, 0) is 61.9 Å². The van der Waals surface area contributed by atoms with Gasteiger partial charge in [-0.3, -0.25) is 24.3 Å². The fraction of sp³-hybridized carbons (Fsp3) is 0.333. The number of fused-ring (bicyclic) bond motifs is 2. The van der Waals surface area contributed by atoms with Gasteiger partial charge in [0.1, 0.15) is 0 Å². The van der Waals surface area contributed by atoms with Gasteiger partial charge in [0.2, 0.25) is 10.8 Å². The molecular formula is C30H30ClN3O2S. The summed E-state index contributed by atoms with van der Waals surface area (Å²) in [5.74, 6) is 0.538. The van der Waals surface area contributed by atoms with Gasteiger partial charge in [-0.1, -0.05) is 66.2 Å². The molecule has 0 radical (unpaired) electrons. The number of hydrogen-bond acceptors (Lipinski definition) is 4. The molecule has 3 heterocycles. The minimum absolute atomic E-state index is 0.0530. The normalized spacial score (nSPS) is 24.3. The van der Waals surface area contributed by atoms with E-state index in [0.717, 1.165) is 43.6 Å². The van der Waals surface area contributed by atoms with Crippen molar-refractivity contribution in [2.45, 2.75) is 36.3 Å². The predicted octanol–water partition coefficient (Wildman–Crippen LogP) is 5.92. The number of hydrogen-bond donors (Lipinski definition) is 0. The smallest absolute Gasteiger partial charge is 0.269 e. The Labute approximate surface area is 227 Å². The van der Waals surface area contributed by atoms with Gasteiger partial charge in [-0.25, -0.2) is 0 Å². The van der Waals surface area contributed by atoms with Crippen molar-refractivity contribution in [3.8, 4) is 0 Å². The second kappa shape index (κ2) is 9.82. The number of likely N-dealkylation sites (tertiary alicyclic amines) is 1. The van der Waals surface area contributed by atoms with Crippen molar-refractivity contribution >= 4 is 46.6 Å². The number of amides is 2. The third-order valence-electron chi connectivity index (χ3n) is 7.81. The molecule has 0 aliphatic carbocycles. The predicted molar refractivity (Wildman–Crippen MR) is 151 cm³/mol. The van der Waals surface area contributed by atoms with Crippen LogP contribution in [-0.2, 0) is 20.9 Å². The van der Waals surface area contributed by atoms with E-state index in [4.69, 9.17) is 11.6 Å². The lowest BCUT2D eigenvalue weighted by Crippen LogP contribution is -2.52. The molecule has 190 valence electrons. The fourth-order valence-corrected chi connectivity index (χ4v) is 7.69. The van der Waals surface area contributed by atoms with Crippen LogP contribution in [0.3, 0.4) is 0 Å². The highest BCUT2D eigenvalue weighted by molar-refractivity contribution is 8.03. The van der Waals surface area contributed by atoms with Crippen LogP contribution in [0.15, 0.2) is 78.9 Å². The molecule has 1 spiro atoms. The van der Waals surface area contributed by atoms with E-state index in [2.05, 4.69) is 35.2 Å². The molecule has 0 unspecified atom stereocenters. The van der Waals surface area contributed by atoms with Crippen LogP contribution in [0, 0.1) is 5.92 Å². The van der Waals surface area contributed by atoms with Crippen molar-refractivity contribution in [1.29, 1.82) is 0 Å². The maximum atomic E-state index is 14.4. The number of rotatable bonds is 5. The van der Waals surface area contributed by atoms with E-state index < -0.39 is 4.87 Å². The lowest BCUT2D eigenvalue weighted by Gasteiger charge is -2.36. The van der Waals surface area contributed by atoms with Gasteiger partial charge < -0.3 is 0 Å². The fourth-order valence-electron chi connectivity index (χ4n) is 5.97. The van der Waals surface area contributed by atoms with Crippen LogP contribution in [0.25, 0.3) is 0 Å². The third kappa shape index (κ3) is 4.25. The Morgan fingerprint density at radius 2 is 1.68 bits per heavy atom. The molecule has 3 aromatic rings. The maximum Gasteiger partial charge on any atom is 0.269 e. The molecule has 2 atom stereocenters. The molecule has 2 saturated heterocycles. The summed E-state index contributed by atoms with van der Waals surface area (Å²) in [6.45, 7) is 4.32. The van der Waals surface area contributed by atoms with Crippen molar-refractivity contribution in [2.75, 3.05) is 29.6 Å². The Kier molecular flexibility index (Phi) is 6.51. The largest absolute Gasteiger partial charge is 0.295 e. The van der Waals surface area contributed by atoms with E-state index in [-0.39, 0.29) is 17.1 Å². The second-order valence-electron chi connectivity index (χ2n) is 10.2. The summed E-state index contributed by atoms with van der Waals surface area (Å²) < 4.78 is 0. The number of piperidine rings is 1. The average molecular weight is 532 g/mol. The number of anilines is 2. The zero-order chi connectivity index (χ0) is 25.6. The van der Waals surface area contributed by atoms with E-state index in [1.165, 1.54) is 17.3 Å². The lowest BCUT2D eigenvalue weighted by molar-refractivity contribution is -0.124. The van der Waals surface area contributed by atoms with Gasteiger partial charge in [0.25, 0.3) is 5.91 Å². The molecule has 0 N–H and O–H groups in total. The lowest BCUT2D eigenvalue weighted by atomic mass is 9.90. The van der Waals surface area contributed by atoms with Gasteiger partial charge in [-0.2, -0.15) is 0 Å². The van der Waals surface area contributed by atoms with Crippen molar-refractivity contribution < 1.29 is 9.59 Å². The minimum atomic E-state index is -1.12. The number of benzene rings is 3. The average Bonchev–Trinajstić information content (AvgIpc) is 3.31. The van der Waals surface area contributed by atoms with Gasteiger partial charge in [0, 0.05) is 29.4 Å². The zero-order valence-corrected chi connectivity index (χ0v) is 22.4. The SMILES string of the molecule is C[C@@H]1S[C@@]2(C(=O)N(CN3CCC(Cc4ccccc4)CC3)c3ccccc32)N(c2cccc(Cl)c2)C1=O. The first kappa shape index (κ1) is 24.5. The molecule has 5 nitrogen and oxygen atoms in total. The van der Waals surface area contributed by atoms with Crippen molar-refractivity contribution in [3.63, 3.8) is 0 Å². The van der Waals surface area contributed by atoms with E-state index >= 15 is 0 Å². The van der Waals surface area contributed by atoms with Crippen molar-refractivity contribution in [2.24, 2.45) is 5.92 Å². The van der Waals surface area contributed by atoms with E-state index in [9.17, 15) is 9.59 Å². The van der Waals surface area contributed by atoms with Gasteiger partial charge >= 0.3 is 0 Å². The highest BCUT2D eigenvalue weighted by Gasteiger charge is 2.63. The molecule has 2 fully saturated rings. The van der Waals surface area contributed by atoms with Crippen molar-refractivity contribution in [1.82, 2.24) is 4.90 Å². The number of carbonyl (C=O) groups excluding carboxylic acids is 2. The topological polar surface area (TPSA) is 43.9 Å².